The Balaban J connectivity index is 1.51. The fourth-order valence-electron chi connectivity index (χ4n) is 4.18. The van der Waals surface area contributed by atoms with Crippen molar-refractivity contribution in [2.75, 3.05) is 37.7 Å². The Morgan fingerprint density at radius 2 is 1.74 bits per heavy atom. The van der Waals surface area contributed by atoms with E-state index in [0.717, 1.165) is 47.6 Å². The van der Waals surface area contributed by atoms with Gasteiger partial charge in [-0.05, 0) is 48.7 Å². The molecule has 1 atom stereocenters. The molecule has 0 saturated carbocycles. The van der Waals surface area contributed by atoms with Crippen LogP contribution in [0.25, 0.3) is 0 Å². The van der Waals surface area contributed by atoms with Crippen molar-refractivity contribution in [2.45, 2.75) is 19.4 Å². The summed E-state index contributed by atoms with van der Waals surface area (Å²) in [4.78, 5) is 28.9. The van der Waals surface area contributed by atoms with E-state index in [1.165, 1.54) is 6.92 Å². The van der Waals surface area contributed by atoms with Gasteiger partial charge in [0.15, 0.2) is 11.5 Å². The highest BCUT2D eigenvalue weighted by atomic mass is 79.9. The summed E-state index contributed by atoms with van der Waals surface area (Å²) in [5.41, 5.74) is 3.22. The normalized spacial score (nSPS) is 19.3. The average molecular weight is 485 g/mol. The third-order valence-electron chi connectivity index (χ3n) is 5.82. The minimum absolute atomic E-state index is 0.162. The van der Waals surface area contributed by atoms with Crippen molar-refractivity contribution >= 4 is 33.3 Å². The highest BCUT2D eigenvalue weighted by molar-refractivity contribution is 9.10. The van der Waals surface area contributed by atoms with Crippen LogP contribution in [0.5, 0.6) is 0 Å². The van der Waals surface area contributed by atoms with Crippen LogP contribution < -0.4 is 4.90 Å². The predicted octanol–water partition coefficient (Wildman–Crippen LogP) is 3.81. The Bertz CT molecular complexity index is 995. The number of morpholine rings is 1. The molecule has 162 valence electrons. The average Bonchev–Trinajstić information content (AvgIpc) is 3.04. The van der Waals surface area contributed by atoms with Crippen LogP contribution in [-0.4, -0.2) is 54.5 Å². The lowest BCUT2D eigenvalue weighted by Crippen LogP contribution is -2.36. The summed E-state index contributed by atoms with van der Waals surface area (Å²) in [5.74, 6) is -1.23. The topological polar surface area (TPSA) is 70.1 Å². The molecule has 0 aliphatic carbocycles. The van der Waals surface area contributed by atoms with Gasteiger partial charge < -0.3 is 19.6 Å². The number of benzene rings is 2. The first-order chi connectivity index (χ1) is 15.0. The number of rotatable bonds is 6. The van der Waals surface area contributed by atoms with E-state index in [1.807, 2.05) is 24.3 Å². The fourth-order valence-corrected chi connectivity index (χ4v) is 4.44. The SMILES string of the molecule is CC(=O)C1=C(O)C(=O)N(CCc2ccc(N3CCOCC3)cc2)C1c1ccc(Br)cc1. The standard InChI is InChI=1S/C24H25BrN2O4/c1-16(28)21-22(18-4-6-19(25)7-5-18)27(24(30)23(21)29)11-10-17-2-8-20(9-3-17)26-12-14-31-15-13-26/h2-9,22,29H,10-15H2,1H3. The number of halogens is 1. The molecule has 1 saturated heterocycles. The lowest BCUT2D eigenvalue weighted by molar-refractivity contribution is -0.129. The van der Waals surface area contributed by atoms with Gasteiger partial charge in [0.05, 0.1) is 24.8 Å². The number of aliphatic hydroxyl groups excluding tert-OH is 1. The molecule has 1 unspecified atom stereocenters. The Labute approximate surface area is 190 Å². The molecular weight excluding hydrogens is 460 g/mol. The number of Topliss-reactive ketones (excluding diaryl/α,β-unsaturated/α-hetero) is 1. The van der Waals surface area contributed by atoms with Crippen LogP contribution in [-0.2, 0) is 20.7 Å². The number of hydrogen-bond donors (Lipinski definition) is 1. The van der Waals surface area contributed by atoms with Gasteiger partial charge >= 0.3 is 0 Å². The molecule has 2 aromatic carbocycles. The molecule has 2 aromatic rings. The van der Waals surface area contributed by atoms with Gasteiger partial charge in [0.25, 0.3) is 5.91 Å². The molecule has 2 aliphatic rings. The number of carbonyl (C=O) groups is 2. The molecule has 6 nitrogen and oxygen atoms in total. The second-order valence-corrected chi connectivity index (χ2v) is 8.70. The summed E-state index contributed by atoms with van der Waals surface area (Å²) in [6.45, 7) is 5.04. The van der Waals surface area contributed by atoms with Gasteiger partial charge in [-0.3, -0.25) is 9.59 Å². The third kappa shape index (κ3) is 4.52. The van der Waals surface area contributed by atoms with Crippen LogP contribution >= 0.6 is 15.9 Å². The molecular formula is C24H25BrN2O4. The third-order valence-corrected chi connectivity index (χ3v) is 6.35. The molecule has 0 aromatic heterocycles. The molecule has 2 heterocycles. The Hall–Kier alpha value is -2.64. The Morgan fingerprint density at radius 1 is 1.10 bits per heavy atom. The molecule has 31 heavy (non-hydrogen) atoms. The van der Waals surface area contributed by atoms with Crippen molar-refractivity contribution in [3.05, 3.63) is 75.5 Å². The van der Waals surface area contributed by atoms with Crippen LogP contribution in [0.4, 0.5) is 5.69 Å². The number of amides is 1. The van der Waals surface area contributed by atoms with E-state index in [0.29, 0.717) is 13.0 Å². The highest BCUT2D eigenvalue weighted by Gasteiger charge is 2.42. The van der Waals surface area contributed by atoms with Gasteiger partial charge in [0.2, 0.25) is 0 Å². The largest absolute Gasteiger partial charge is 0.503 e. The number of anilines is 1. The first-order valence-corrected chi connectivity index (χ1v) is 11.2. The molecule has 7 heteroatoms. The summed E-state index contributed by atoms with van der Waals surface area (Å²) in [6.07, 6.45) is 0.626. The molecule has 1 fully saturated rings. The van der Waals surface area contributed by atoms with Crippen molar-refractivity contribution in [3.8, 4) is 0 Å². The lowest BCUT2D eigenvalue weighted by Gasteiger charge is -2.29. The van der Waals surface area contributed by atoms with Crippen LogP contribution in [0.15, 0.2) is 64.3 Å². The maximum atomic E-state index is 12.8. The Kier molecular flexibility index (Phi) is 6.43. The van der Waals surface area contributed by atoms with E-state index in [4.69, 9.17) is 4.74 Å². The number of carbonyl (C=O) groups excluding carboxylic acids is 2. The second-order valence-electron chi connectivity index (χ2n) is 7.79. The number of aliphatic hydroxyl groups is 1. The van der Waals surface area contributed by atoms with Crippen molar-refractivity contribution in [2.24, 2.45) is 0 Å². The summed E-state index contributed by atoms with van der Waals surface area (Å²) in [7, 11) is 0. The zero-order valence-electron chi connectivity index (χ0n) is 17.4. The van der Waals surface area contributed by atoms with Crippen LogP contribution in [0.2, 0.25) is 0 Å². The van der Waals surface area contributed by atoms with Crippen molar-refractivity contribution in [3.63, 3.8) is 0 Å². The summed E-state index contributed by atoms with van der Waals surface area (Å²) >= 11 is 3.41. The van der Waals surface area contributed by atoms with Crippen molar-refractivity contribution in [1.82, 2.24) is 4.90 Å². The number of hydrogen-bond acceptors (Lipinski definition) is 5. The van der Waals surface area contributed by atoms with Gasteiger partial charge in [-0.2, -0.15) is 0 Å². The minimum Gasteiger partial charge on any atom is -0.503 e. The van der Waals surface area contributed by atoms with Crippen LogP contribution in [0.3, 0.4) is 0 Å². The van der Waals surface area contributed by atoms with E-state index in [9.17, 15) is 14.7 Å². The molecule has 4 rings (SSSR count). The fraction of sp³-hybridized carbons (Fsp3) is 0.333. The quantitative estimate of drug-likeness (QED) is 0.674. The van der Waals surface area contributed by atoms with E-state index in [1.54, 1.807) is 4.90 Å². The van der Waals surface area contributed by atoms with Gasteiger partial charge in [-0.1, -0.05) is 40.2 Å². The van der Waals surface area contributed by atoms with Crippen LogP contribution in [0.1, 0.15) is 24.1 Å². The maximum Gasteiger partial charge on any atom is 0.290 e. The molecule has 1 amide bonds. The van der Waals surface area contributed by atoms with E-state index < -0.39 is 17.7 Å². The minimum atomic E-state index is -0.578. The lowest BCUT2D eigenvalue weighted by atomic mass is 9.96. The predicted molar refractivity (Wildman–Crippen MR) is 122 cm³/mol. The highest BCUT2D eigenvalue weighted by Crippen LogP contribution is 2.38. The van der Waals surface area contributed by atoms with E-state index in [2.05, 4.69) is 45.1 Å². The molecule has 0 bridgehead atoms. The first kappa shape index (κ1) is 21.6. The zero-order valence-corrected chi connectivity index (χ0v) is 19.0. The van der Waals surface area contributed by atoms with Crippen molar-refractivity contribution < 1.29 is 19.4 Å². The molecule has 0 radical (unpaired) electrons. The molecule has 0 spiro atoms. The summed E-state index contributed by atoms with van der Waals surface area (Å²) in [5, 5.41) is 10.4. The number of ketones is 1. The first-order valence-electron chi connectivity index (χ1n) is 10.4. The number of nitrogens with zero attached hydrogens (tertiary/aromatic N) is 2. The van der Waals surface area contributed by atoms with Crippen molar-refractivity contribution in [1.29, 1.82) is 0 Å². The molecule has 2 aliphatic heterocycles. The van der Waals surface area contributed by atoms with Gasteiger partial charge in [0.1, 0.15) is 0 Å². The van der Waals surface area contributed by atoms with E-state index >= 15 is 0 Å². The maximum absolute atomic E-state index is 12.8. The van der Waals surface area contributed by atoms with Gasteiger partial charge in [-0.15, -0.1) is 0 Å². The zero-order chi connectivity index (χ0) is 22.0. The van der Waals surface area contributed by atoms with Gasteiger partial charge in [0, 0.05) is 29.8 Å². The number of ether oxygens (including phenoxy) is 1. The summed E-state index contributed by atoms with van der Waals surface area (Å²) in [6, 6.07) is 15.2. The molecule has 1 N–H and O–H groups in total. The monoisotopic (exact) mass is 484 g/mol. The van der Waals surface area contributed by atoms with Crippen LogP contribution in [0, 0.1) is 0 Å². The smallest absolute Gasteiger partial charge is 0.290 e. The summed E-state index contributed by atoms with van der Waals surface area (Å²) < 4.78 is 6.31. The van der Waals surface area contributed by atoms with E-state index in [-0.39, 0.29) is 11.4 Å². The van der Waals surface area contributed by atoms with Gasteiger partial charge in [-0.25, -0.2) is 0 Å². The Morgan fingerprint density at radius 3 is 2.35 bits per heavy atom. The second kappa shape index (κ2) is 9.24.